The second kappa shape index (κ2) is 6.12. The van der Waals surface area contributed by atoms with Crippen molar-refractivity contribution in [2.75, 3.05) is 0 Å². The molecule has 0 aromatic heterocycles. The monoisotopic (exact) mass is 324 g/mol. The maximum atomic E-state index is 11.8. The van der Waals surface area contributed by atoms with E-state index < -0.39 is 46.0 Å². The van der Waals surface area contributed by atoms with Gasteiger partial charge in [-0.25, -0.2) is 8.37 Å². The van der Waals surface area contributed by atoms with Crippen LogP contribution < -0.4 is 0 Å². The SMILES string of the molecule is C[C@H]1OS(=O)(=O)O[C@H](C)[C@@H](OC(C)(C)C)[C@@H]1OC(C)(C)C. The molecule has 1 aliphatic rings. The Bertz CT molecular complexity index is 409. The van der Waals surface area contributed by atoms with Gasteiger partial charge in [0.05, 0.1) is 11.2 Å². The maximum Gasteiger partial charge on any atom is 0.400 e. The molecular weight excluding hydrogens is 296 g/mol. The molecule has 0 bridgehead atoms. The predicted molar refractivity (Wildman–Crippen MR) is 79.3 cm³/mol. The topological polar surface area (TPSA) is 71.1 Å². The molecule has 0 aromatic carbocycles. The Kier molecular flexibility index (Phi) is 5.49. The summed E-state index contributed by atoms with van der Waals surface area (Å²) in [6, 6.07) is 0. The Balaban J connectivity index is 3.15. The first-order valence-corrected chi connectivity index (χ1v) is 8.51. The lowest BCUT2D eigenvalue weighted by Crippen LogP contribution is -2.50. The predicted octanol–water partition coefficient (Wildman–Crippen LogP) is 2.42. The van der Waals surface area contributed by atoms with Crippen LogP contribution >= 0.6 is 0 Å². The third kappa shape index (κ3) is 6.20. The van der Waals surface area contributed by atoms with Crippen LogP contribution in [0.3, 0.4) is 0 Å². The molecular formula is C14H28O6S. The minimum atomic E-state index is -4.05. The Hall–Kier alpha value is -0.210. The lowest BCUT2D eigenvalue weighted by molar-refractivity contribution is -0.196. The van der Waals surface area contributed by atoms with Gasteiger partial charge in [0.1, 0.15) is 24.4 Å². The normalized spacial score (nSPS) is 34.5. The molecule has 7 heteroatoms. The average molecular weight is 324 g/mol. The molecule has 1 saturated heterocycles. The van der Waals surface area contributed by atoms with Crippen molar-refractivity contribution in [1.82, 2.24) is 0 Å². The Morgan fingerprint density at radius 1 is 0.762 bits per heavy atom. The summed E-state index contributed by atoms with van der Waals surface area (Å²) in [6.07, 6.45) is -2.52. The van der Waals surface area contributed by atoms with Crippen LogP contribution in [0.1, 0.15) is 55.4 Å². The highest BCUT2D eigenvalue weighted by molar-refractivity contribution is 7.81. The van der Waals surface area contributed by atoms with Crippen molar-refractivity contribution in [3.8, 4) is 0 Å². The van der Waals surface area contributed by atoms with Gasteiger partial charge in [-0.2, -0.15) is 8.42 Å². The van der Waals surface area contributed by atoms with Crippen molar-refractivity contribution >= 4 is 10.4 Å². The van der Waals surface area contributed by atoms with Gasteiger partial charge in [-0.15, -0.1) is 0 Å². The van der Waals surface area contributed by atoms with Crippen molar-refractivity contribution in [1.29, 1.82) is 0 Å². The smallest absolute Gasteiger partial charge is 0.367 e. The molecule has 1 rings (SSSR count). The third-order valence-corrected chi connectivity index (χ3v) is 3.85. The summed E-state index contributed by atoms with van der Waals surface area (Å²) in [5.41, 5.74) is -0.925. The minimum absolute atomic E-state index is 0.463. The fraction of sp³-hybridized carbons (Fsp3) is 1.00. The van der Waals surface area contributed by atoms with Crippen LogP contribution in [0.4, 0.5) is 0 Å². The molecule has 0 radical (unpaired) electrons. The molecule has 0 aromatic rings. The van der Waals surface area contributed by atoms with Crippen LogP contribution in [0.15, 0.2) is 0 Å². The van der Waals surface area contributed by atoms with Crippen molar-refractivity contribution in [2.45, 2.75) is 91.0 Å². The van der Waals surface area contributed by atoms with E-state index in [4.69, 9.17) is 17.8 Å². The van der Waals surface area contributed by atoms with E-state index in [2.05, 4.69) is 0 Å². The number of rotatable bonds is 2. The van der Waals surface area contributed by atoms with E-state index in [1.54, 1.807) is 13.8 Å². The highest BCUT2D eigenvalue weighted by atomic mass is 32.3. The highest BCUT2D eigenvalue weighted by Gasteiger charge is 2.45. The largest absolute Gasteiger partial charge is 0.400 e. The first-order chi connectivity index (χ1) is 9.20. The Labute approximate surface area is 128 Å². The Morgan fingerprint density at radius 3 is 1.29 bits per heavy atom. The molecule has 4 atom stereocenters. The zero-order valence-corrected chi connectivity index (χ0v) is 15.0. The van der Waals surface area contributed by atoms with Crippen LogP contribution in [0.5, 0.6) is 0 Å². The van der Waals surface area contributed by atoms with Crippen molar-refractivity contribution in [3.05, 3.63) is 0 Å². The van der Waals surface area contributed by atoms with E-state index in [0.717, 1.165) is 0 Å². The van der Waals surface area contributed by atoms with Crippen LogP contribution in [0.25, 0.3) is 0 Å². The van der Waals surface area contributed by atoms with E-state index in [9.17, 15) is 8.42 Å². The molecule has 0 N–H and O–H groups in total. The van der Waals surface area contributed by atoms with Gasteiger partial charge in [-0.3, -0.25) is 0 Å². The summed E-state index contributed by atoms with van der Waals surface area (Å²) in [4.78, 5) is 0. The number of ether oxygens (including phenoxy) is 2. The maximum absolute atomic E-state index is 11.8. The summed E-state index contributed by atoms with van der Waals surface area (Å²) in [6.45, 7) is 14.7. The van der Waals surface area contributed by atoms with Crippen LogP contribution in [-0.4, -0.2) is 44.0 Å². The molecule has 1 heterocycles. The summed E-state index contributed by atoms with van der Waals surface area (Å²) in [7, 11) is -4.05. The van der Waals surface area contributed by atoms with Crippen molar-refractivity contribution < 1.29 is 26.3 Å². The quantitative estimate of drug-likeness (QED) is 0.777. The summed E-state index contributed by atoms with van der Waals surface area (Å²) in [5, 5.41) is 0. The van der Waals surface area contributed by atoms with Gasteiger partial charge in [-0.05, 0) is 55.4 Å². The van der Waals surface area contributed by atoms with Gasteiger partial charge in [0.15, 0.2) is 0 Å². The minimum Gasteiger partial charge on any atom is -0.367 e. The first kappa shape index (κ1) is 18.8. The van der Waals surface area contributed by atoms with Gasteiger partial charge in [0.2, 0.25) is 0 Å². The first-order valence-electron chi connectivity index (χ1n) is 7.17. The lowest BCUT2D eigenvalue weighted by Gasteiger charge is -2.38. The zero-order valence-electron chi connectivity index (χ0n) is 14.2. The second-order valence-corrected chi connectivity index (χ2v) is 8.60. The van der Waals surface area contributed by atoms with E-state index in [1.807, 2.05) is 41.5 Å². The van der Waals surface area contributed by atoms with Gasteiger partial charge in [-0.1, -0.05) is 0 Å². The molecule has 21 heavy (non-hydrogen) atoms. The molecule has 0 saturated carbocycles. The number of hydrogen-bond acceptors (Lipinski definition) is 6. The van der Waals surface area contributed by atoms with Crippen LogP contribution in [-0.2, 0) is 28.2 Å². The molecule has 0 spiro atoms. The third-order valence-electron chi connectivity index (χ3n) is 2.77. The molecule has 6 nitrogen and oxygen atoms in total. The van der Waals surface area contributed by atoms with E-state index in [0.29, 0.717) is 0 Å². The van der Waals surface area contributed by atoms with Crippen molar-refractivity contribution in [3.63, 3.8) is 0 Å². The Morgan fingerprint density at radius 2 is 1.05 bits per heavy atom. The van der Waals surface area contributed by atoms with E-state index in [-0.39, 0.29) is 0 Å². The molecule has 1 aliphatic heterocycles. The summed E-state index contributed by atoms with van der Waals surface area (Å²) < 4.78 is 45.5. The van der Waals surface area contributed by atoms with Gasteiger partial charge in [0.25, 0.3) is 0 Å². The highest BCUT2D eigenvalue weighted by Crippen LogP contribution is 2.30. The van der Waals surface area contributed by atoms with E-state index in [1.165, 1.54) is 0 Å². The standard InChI is InChI=1S/C14H28O6S/c1-9-11(17-13(3,4)5)12(18-14(6,7)8)10(2)20-21(15,16)19-9/h9-12H,1-8H3/t9-,10-,11-,12-/m1/s1. The van der Waals surface area contributed by atoms with Gasteiger partial charge in [0, 0.05) is 0 Å². The van der Waals surface area contributed by atoms with E-state index >= 15 is 0 Å². The van der Waals surface area contributed by atoms with Crippen LogP contribution in [0, 0.1) is 0 Å². The average Bonchev–Trinajstić information content (AvgIpc) is 2.23. The molecule has 0 aliphatic carbocycles. The van der Waals surface area contributed by atoms with Crippen LogP contribution in [0.2, 0.25) is 0 Å². The fourth-order valence-corrected chi connectivity index (χ4v) is 3.19. The summed E-state index contributed by atoms with van der Waals surface area (Å²) in [5.74, 6) is 0. The van der Waals surface area contributed by atoms with Gasteiger partial charge >= 0.3 is 10.4 Å². The zero-order chi connectivity index (χ0) is 16.6. The molecule has 0 unspecified atom stereocenters. The second-order valence-electron chi connectivity index (χ2n) is 7.40. The molecule has 126 valence electrons. The fourth-order valence-electron chi connectivity index (χ4n) is 2.18. The number of hydrogen-bond donors (Lipinski definition) is 0. The molecule has 1 fully saturated rings. The summed E-state index contributed by atoms with van der Waals surface area (Å²) >= 11 is 0. The van der Waals surface area contributed by atoms with Gasteiger partial charge < -0.3 is 9.47 Å². The van der Waals surface area contributed by atoms with Crippen molar-refractivity contribution in [2.24, 2.45) is 0 Å². The lowest BCUT2D eigenvalue weighted by atomic mass is 10.0. The molecule has 0 amide bonds.